The second-order valence-electron chi connectivity index (χ2n) is 5.51. The number of amides is 1. The second-order valence-corrected chi connectivity index (χ2v) is 5.51. The lowest BCUT2D eigenvalue weighted by Crippen LogP contribution is -2.10. The highest BCUT2D eigenvalue weighted by molar-refractivity contribution is 5.92. The average molecular weight is 334 g/mol. The molecule has 0 aliphatic heterocycles. The molecule has 8 nitrogen and oxygen atoms in total. The van der Waals surface area contributed by atoms with E-state index in [1.807, 2.05) is 31.6 Å². The van der Waals surface area contributed by atoms with Gasteiger partial charge in [0.25, 0.3) is 0 Å². The predicted molar refractivity (Wildman–Crippen MR) is 90.2 cm³/mol. The summed E-state index contributed by atoms with van der Waals surface area (Å²) in [5, 5.41) is 8.47. The molecule has 0 fully saturated rings. The maximum atomic E-state index is 11.1. The van der Waals surface area contributed by atoms with Crippen molar-refractivity contribution in [2.45, 2.75) is 0 Å². The van der Waals surface area contributed by atoms with E-state index < -0.39 is 5.91 Å². The van der Waals surface area contributed by atoms with E-state index in [1.165, 1.54) is 6.20 Å². The molecule has 0 radical (unpaired) electrons. The lowest BCUT2D eigenvalue weighted by molar-refractivity contribution is 0.1000. The standard InChI is InChI=1S/C17H14N6O2/c1-22-9-13(8-21-22)12-6-15(14-4-5-20-23(14)10-12)25-16-3-2-11(7-19-16)17(18)24/h2-10H,1H3,(H2,18,24). The monoisotopic (exact) mass is 334 g/mol. The molecule has 0 spiro atoms. The maximum Gasteiger partial charge on any atom is 0.250 e. The van der Waals surface area contributed by atoms with Gasteiger partial charge in [0.05, 0.1) is 18.0 Å². The van der Waals surface area contributed by atoms with Crippen molar-refractivity contribution in [2.24, 2.45) is 12.8 Å². The van der Waals surface area contributed by atoms with Crippen LogP contribution >= 0.6 is 0 Å². The van der Waals surface area contributed by atoms with Gasteiger partial charge in [0.1, 0.15) is 5.52 Å². The molecule has 25 heavy (non-hydrogen) atoms. The summed E-state index contributed by atoms with van der Waals surface area (Å²) in [7, 11) is 1.86. The predicted octanol–water partition coefficient (Wildman–Crippen LogP) is 2.02. The largest absolute Gasteiger partial charge is 0.437 e. The fourth-order valence-corrected chi connectivity index (χ4v) is 2.51. The van der Waals surface area contributed by atoms with Crippen molar-refractivity contribution >= 4 is 11.4 Å². The Morgan fingerprint density at radius 3 is 2.68 bits per heavy atom. The third-order valence-corrected chi connectivity index (χ3v) is 3.74. The summed E-state index contributed by atoms with van der Waals surface area (Å²) in [5.41, 5.74) is 8.20. The first-order valence-electron chi connectivity index (χ1n) is 7.50. The van der Waals surface area contributed by atoms with Crippen molar-refractivity contribution in [1.29, 1.82) is 0 Å². The molecule has 4 heterocycles. The summed E-state index contributed by atoms with van der Waals surface area (Å²) in [4.78, 5) is 15.3. The number of carbonyl (C=O) groups excluding carboxylic acids is 1. The van der Waals surface area contributed by atoms with E-state index in [-0.39, 0.29) is 0 Å². The summed E-state index contributed by atoms with van der Waals surface area (Å²) < 4.78 is 9.36. The number of aryl methyl sites for hydroxylation is 1. The smallest absolute Gasteiger partial charge is 0.250 e. The molecule has 0 aliphatic rings. The SMILES string of the molecule is Cn1cc(-c2cc(Oc3ccc(C(N)=O)cn3)c3ccnn3c2)cn1. The number of aromatic nitrogens is 5. The number of carbonyl (C=O) groups is 1. The van der Waals surface area contributed by atoms with Gasteiger partial charge in [0.2, 0.25) is 11.8 Å². The molecular formula is C17H14N6O2. The number of pyridine rings is 2. The molecule has 4 rings (SSSR count). The first-order valence-corrected chi connectivity index (χ1v) is 7.50. The van der Waals surface area contributed by atoms with Crippen LogP contribution in [0.25, 0.3) is 16.6 Å². The van der Waals surface area contributed by atoms with Gasteiger partial charge in [-0.25, -0.2) is 9.50 Å². The minimum absolute atomic E-state index is 0.325. The van der Waals surface area contributed by atoms with E-state index in [9.17, 15) is 4.79 Å². The number of nitrogens with zero attached hydrogens (tertiary/aromatic N) is 5. The summed E-state index contributed by atoms with van der Waals surface area (Å²) in [6.45, 7) is 0. The highest BCUT2D eigenvalue weighted by atomic mass is 16.5. The minimum Gasteiger partial charge on any atom is -0.437 e. The van der Waals surface area contributed by atoms with Gasteiger partial charge in [-0.1, -0.05) is 0 Å². The zero-order chi connectivity index (χ0) is 17.4. The lowest BCUT2D eigenvalue weighted by Gasteiger charge is -2.09. The first kappa shape index (κ1) is 14.9. The van der Waals surface area contributed by atoms with Crippen LogP contribution in [0.15, 0.2) is 55.2 Å². The second kappa shape index (κ2) is 5.75. The fraction of sp³-hybridized carbons (Fsp3) is 0.0588. The van der Waals surface area contributed by atoms with Gasteiger partial charge in [-0.2, -0.15) is 10.2 Å². The van der Waals surface area contributed by atoms with E-state index in [4.69, 9.17) is 10.5 Å². The molecule has 0 unspecified atom stereocenters. The molecule has 4 aromatic rings. The highest BCUT2D eigenvalue weighted by Gasteiger charge is 2.11. The van der Waals surface area contributed by atoms with E-state index in [0.717, 1.165) is 16.6 Å². The number of fused-ring (bicyclic) bond motifs is 1. The molecule has 8 heteroatoms. The van der Waals surface area contributed by atoms with Crippen LogP contribution in [0.5, 0.6) is 11.6 Å². The summed E-state index contributed by atoms with van der Waals surface area (Å²) in [5.74, 6) is 0.422. The number of nitrogens with two attached hydrogens (primary N) is 1. The van der Waals surface area contributed by atoms with Crippen LogP contribution < -0.4 is 10.5 Å². The van der Waals surface area contributed by atoms with Crippen LogP contribution in [0, 0.1) is 0 Å². The van der Waals surface area contributed by atoms with Crippen molar-refractivity contribution in [2.75, 3.05) is 0 Å². The van der Waals surface area contributed by atoms with Crippen molar-refractivity contribution in [3.8, 4) is 22.8 Å². The maximum absolute atomic E-state index is 11.1. The van der Waals surface area contributed by atoms with Gasteiger partial charge in [-0.15, -0.1) is 0 Å². The highest BCUT2D eigenvalue weighted by Crippen LogP contribution is 2.30. The van der Waals surface area contributed by atoms with Crippen LogP contribution in [0.2, 0.25) is 0 Å². The Kier molecular flexibility index (Phi) is 3.42. The number of rotatable bonds is 4. The van der Waals surface area contributed by atoms with Crippen LogP contribution in [-0.2, 0) is 7.05 Å². The molecule has 0 saturated carbocycles. The fourth-order valence-electron chi connectivity index (χ4n) is 2.51. The summed E-state index contributed by atoms with van der Waals surface area (Å²) in [6, 6.07) is 6.92. The number of hydrogen-bond donors (Lipinski definition) is 1. The topological polar surface area (TPSA) is 100 Å². The molecule has 0 bridgehead atoms. The average Bonchev–Trinajstić information content (AvgIpc) is 3.24. The van der Waals surface area contributed by atoms with E-state index in [1.54, 1.807) is 33.7 Å². The van der Waals surface area contributed by atoms with Crippen molar-refractivity contribution in [3.63, 3.8) is 0 Å². The van der Waals surface area contributed by atoms with Crippen molar-refractivity contribution in [3.05, 3.63) is 60.8 Å². The number of ether oxygens (including phenoxy) is 1. The van der Waals surface area contributed by atoms with E-state index in [0.29, 0.717) is 17.2 Å². The molecule has 124 valence electrons. The lowest BCUT2D eigenvalue weighted by atomic mass is 10.1. The van der Waals surface area contributed by atoms with Crippen molar-refractivity contribution < 1.29 is 9.53 Å². The summed E-state index contributed by atoms with van der Waals surface area (Å²) >= 11 is 0. The molecule has 0 atom stereocenters. The Bertz CT molecular complexity index is 1060. The molecule has 0 aromatic carbocycles. The van der Waals surface area contributed by atoms with Gasteiger partial charge in [0, 0.05) is 42.8 Å². The molecule has 4 aromatic heterocycles. The van der Waals surface area contributed by atoms with Gasteiger partial charge in [-0.05, 0) is 18.2 Å². The number of hydrogen-bond acceptors (Lipinski definition) is 5. The van der Waals surface area contributed by atoms with Crippen molar-refractivity contribution in [1.82, 2.24) is 24.4 Å². The Labute approximate surface area is 142 Å². The van der Waals surface area contributed by atoms with Gasteiger partial charge in [-0.3, -0.25) is 9.48 Å². The van der Waals surface area contributed by atoms with Gasteiger partial charge < -0.3 is 10.5 Å². The Balaban J connectivity index is 1.75. The molecule has 0 aliphatic carbocycles. The third kappa shape index (κ3) is 2.80. The van der Waals surface area contributed by atoms with Gasteiger partial charge in [0.15, 0.2) is 5.75 Å². The quantitative estimate of drug-likeness (QED) is 0.615. The zero-order valence-corrected chi connectivity index (χ0v) is 13.3. The molecule has 1 amide bonds. The Hall–Kier alpha value is -3.68. The van der Waals surface area contributed by atoms with E-state index >= 15 is 0 Å². The zero-order valence-electron chi connectivity index (χ0n) is 13.3. The Morgan fingerprint density at radius 1 is 1.12 bits per heavy atom. The molecule has 2 N–H and O–H groups in total. The third-order valence-electron chi connectivity index (χ3n) is 3.74. The van der Waals surface area contributed by atoms with E-state index in [2.05, 4.69) is 15.2 Å². The first-order chi connectivity index (χ1) is 12.1. The molecular weight excluding hydrogens is 320 g/mol. The van der Waals surface area contributed by atoms with Crippen LogP contribution in [0.4, 0.5) is 0 Å². The summed E-state index contributed by atoms with van der Waals surface area (Å²) in [6.07, 6.45) is 8.67. The normalized spacial score (nSPS) is 10.9. The van der Waals surface area contributed by atoms with Crippen LogP contribution in [0.3, 0.4) is 0 Å². The van der Waals surface area contributed by atoms with Crippen LogP contribution in [-0.4, -0.2) is 30.3 Å². The van der Waals surface area contributed by atoms with Crippen LogP contribution in [0.1, 0.15) is 10.4 Å². The Morgan fingerprint density at radius 2 is 2.00 bits per heavy atom. The van der Waals surface area contributed by atoms with Gasteiger partial charge >= 0.3 is 0 Å². The molecule has 0 saturated heterocycles. The number of primary amides is 1. The minimum atomic E-state index is -0.532.